The van der Waals surface area contributed by atoms with E-state index in [1.165, 1.54) is 50.5 Å². The van der Waals surface area contributed by atoms with Crippen LogP contribution < -0.4 is 4.74 Å². The summed E-state index contributed by atoms with van der Waals surface area (Å²) in [5.41, 5.74) is 2.92. The van der Waals surface area contributed by atoms with E-state index in [0.29, 0.717) is 12.0 Å². The summed E-state index contributed by atoms with van der Waals surface area (Å²) in [6.07, 6.45) is 11.6. The Hall–Kier alpha value is -1.21. The number of rotatable bonds is 6. The molecule has 1 aromatic rings. The van der Waals surface area contributed by atoms with Crippen molar-refractivity contribution in [2.45, 2.75) is 64.2 Å². The number of hydrogen-bond acceptors (Lipinski definition) is 2. The van der Waals surface area contributed by atoms with E-state index in [9.17, 15) is 4.79 Å². The Morgan fingerprint density at radius 2 is 1.93 bits per heavy atom. The third kappa shape index (κ3) is 6.14. The van der Waals surface area contributed by atoms with Gasteiger partial charge in [-0.3, -0.25) is 4.79 Å². The molecule has 1 unspecified atom stereocenters. The second-order valence-electron chi connectivity index (χ2n) is 7.69. The summed E-state index contributed by atoms with van der Waals surface area (Å²) in [5.74, 6) is 5.54. The number of carboxylic acids is 1. The molecular weight excluding hydrogens is 347 g/mol. The Balaban J connectivity index is 0.00000261. The molecule has 2 aliphatic carbocycles. The fraction of sp³-hybridized carbons (Fsp3) is 0.522. The van der Waals surface area contributed by atoms with Crippen LogP contribution in [0.1, 0.15) is 69.8 Å². The van der Waals surface area contributed by atoms with E-state index in [0.717, 1.165) is 11.3 Å². The molecule has 0 saturated heterocycles. The molecule has 1 spiro atoms. The number of benzene rings is 1. The summed E-state index contributed by atoms with van der Waals surface area (Å²) in [7, 11) is 0. The van der Waals surface area contributed by atoms with Crippen LogP contribution in [-0.4, -0.2) is 47.2 Å². The number of carboxylic acid groups (broad SMARTS) is 1. The molecule has 4 heteroatoms. The van der Waals surface area contributed by atoms with Crippen LogP contribution in [0.25, 0.3) is 0 Å². The van der Waals surface area contributed by atoms with E-state index in [1.807, 2.05) is 24.3 Å². The predicted octanol–water partition coefficient (Wildman–Crippen LogP) is 4.67. The number of aliphatic carboxylic acids is 1. The van der Waals surface area contributed by atoms with Crippen molar-refractivity contribution in [3.05, 3.63) is 41.5 Å². The predicted molar refractivity (Wildman–Crippen MR) is 110 cm³/mol. The maximum absolute atomic E-state index is 11.0. The van der Waals surface area contributed by atoms with E-state index in [1.54, 1.807) is 6.92 Å². The van der Waals surface area contributed by atoms with Gasteiger partial charge < -0.3 is 9.84 Å². The molecule has 3 nitrogen and oxygen atoms in total. The van der Waals surface area contributed by atoms with Crippen LogP contribution in [0.2, 0.25) is 0 Å². The summed E-state index contributed by atoms with van der Waals surface area (Å²) < 4.78 is 6.00. The van der Waals surface area contributed by atoms with E-state index in [-0.39, 0.29) is 41.9 Å². The normalized spacial score (nSPS) is 18.6. The molecule has 140 valence electrons. The zero-order chi connectivity index (χ0) is 18.4. The number of allylic oxidation sites excluding steroid dienone is 1. The average molecular weight is 376 g/mol. The number of hydrogen-bond donors (Lipinski definition) is 1. The number of ether oxygens (including phenoxy) is 1. The van der Waals surface area contributed by atoms with Crippen molar-refractivity contribution in [3.8, 4) is 17.6 Å². The summed E-state index contributed by atoms with van der Waals surface area (Å²) in [6.45, 7) is 2.40. The van der Waals surface area contributed by atoms with Crippen molar-refractivity contribution in [2.24, 2.45) is 5.41 Å². The van der Waals surface area contributed by atoms with Gasteiger partial charge in [0.1, 0.15) is 12.4 Å². The first-order chi connectivity index (χ1) is 12.6. The topological polar surface area (TPSA) is 46.5 Å². The third-order valence-electron chi connectivity index (χ3n) is 5.78. The maximum atomic E-state index is 11.0. The van der Waals surface area contributed by atoms with Crippen molar-refractivity contribution < 1.29 is 14.6 Å². The van der Waals surface area contributed by atoms with Crippen molar-refractivity contribution in [1.82, 2.24) is 0 Å². The van der Waals surface area contributed by atoms with Crippen LogP contribution >= 0.6 is 0 Å². The van der Waals surface area contributed by atoms with E-state index >= 15 is 0 Å². The Labute approximate surface area is 184 Å². The van der Waals surface area contributed by atoms with Gasteiger partial charge in [-0.25, -0.2) is 0 Å². The molecule has 1 fully saturated rings. The molecule has 1 atom stereocenters. The molecular formula is C23H29NaO3. The molecule has 27 heavy (non-hydrogen) atoms. The van der Waals surface area contributed by atoms with Gasteiger partial charge in [0.2, 0.25) is 0 Å². The Kier molecular flexibility index (Phi) is 8.48. The monoisotopic (exact) mass is 376 g/mol. The molecule has 0 aliphatic heterocycles. The average Bonchev–Trinajstić information content (AvgIpc) is 3.07. The van der Waals surface area contributed by atoms with Gasteiger partial charge in [0.05, 0.1) is 12.3 Å². The molecule has 0 radical (unpaired) electrons. The van der Waals surface area contributed by atoms with Crippen LogP contribution in [0.15, 0.2) is 35.9 Å². The standard InChI is InChI=1S/C23H28O3.Na.H/c1-2-6-20(15-22(24)25)19-8-10-21(11-9-19)26-17-18-7-5-14-23(16-18)12-3-4-13-23;;/h7-11,20H,3-5,12-17H2,1H3,(H,24,25);;. The van der Waals surface area contributed by atoms with Gasteiger partial charge in [0.15, 0.2) is 0 Å². The molecule has 2 aliphatic rings. The minimum atomic E-state index is -0.830. The summed E-state index contributed by atoms with van der Waals surface area (Å²) in [4.78, 5) is 11.0. The van der Waals surface area contributed by atoms with Gasteiger partial charge in [-0.05, 0) is 67.7 Å². The molecule has 0 amide bonds. The van der Waals surface area contributed by atoms with Gasteiger partial charge in [-0.15, -0.1) is 5.92 Å². The molecule has 1 N–H and O–H groups in total. The first kappa shape index (κ1) is 22.1. The second kappa shape index (κ2) is 10.4. The zero-order valence-electron chi connectivity index (χ0n) is 15.6. The first-order valence-corrected chi connectivity index (χ1v) is 9.65. The first-order valence-electron chi connectivity index (χ1n) is 9.65. The van der Waals surface area contributed by atoms with Crippen molar-refractivity contribution in [2.75, 3.05) is 6.61 Å². The second-order valence-corrected chi connectivity index (χ2v) is 7.69. The van der Waals surface area contributed by atoms with Gasteiger partial charge in [-0.2, -0.15) is 0 Å². The molecule has 0 aromatic heterocycles. The van der Waals surface area contributed by atoms with E-state index < -0.39 is 5.97 Å². The zero-order valence-corrected chi connectivity index (χ0v) is 15.6. The van der Waals surface area contributed by atoms with E-state index in [2.05, 4.69) is 17.9 Å². The quantitative estimate of drug-likeness (QED) is 0.446. The van der Waals surface area contributed by atoms with Crippen LogP contribution in [0, 0.1) is 17.3 Å². The van der Waals surface area contributed by atoms with Crippen LogP contribution in [0.5, 0.6) is 5.75 Å². The van der Waals surface area contributed by atoms with Crippen LogP contribution in [0.3, 0.4) is 0 Å². The van der Waals surface area contributed by atoms with Crippen molar-refractivity contribution in [1.29, 1.82) is 0 Å². The molecule has 1 saturated carbocycles. The molecule has 1 aromatic carbocycles. The minimum absolute atomic E-state index is 0. The molecule has 0 heterocycles. The van der Waals surface area contributed by atoms with Crippen molar-refractivity contribution in [3.63, 3.8) is 0 Å². The fourth-order valence-electron chi connectivity index (χ4n) is 4.46. The number of carbonyl (C=O) groups is 1. The molecule has 0 bridgehead atoms. The molecule has 3 rings (SSSR count). The van der Waals surface area contributed by atoms with Gasteiger partial charge in [0, 0.05) is 0 Å². The fourth-order valence-corrected chi connectivity index (χ4v) is 4.46. The van der Waals surface area contributed by atoms with Gasteiger partial charge >= 0.3 is 35.5 Å². The van der Waals surface area contributed by atoms with E-state index in [4.69, 9.17) is 9.84 Å². The summed E-state index contributed by atoms with van der Waals surface area (Å²) in [6, 6.07) is 7.72. The summed E-state index contributed by atoms with van der Waals surface area (Å²) >= 11 is 0. The Morgan fingerprint density at radius 3 is 2.56 bits per heavy atom. The van der Waals surface area contributed by atoms with Crippen molar-refractivity contribution >= 4 is 35.5 Å². The SMILES string of the molecule is CC#CC(CC(=O)O)c1ccc(OCC2=CCCC3(CCCC3)C2)cc1.[NaH]. The Morgan fingerprint density at radius 1 is 1.22 bits per heavy atom. The van der Waals surface area contributed by atoms with Gasteiger partial charge in [-0.1, -0.05) is 37.0 Å². The van der Waals surface area contributed by atoms with Crippen LogP contribution in [-0.2, 0) is 4.79 Å². The summed E-state index contributed by atoms with van der Waals surface area (Å²) in [5, 5.41) is 9.04. The Bertz CT molecular complexity index is 718. The third-order valence-corrected chi connectivity index (χ3v) is 5.78. The van der Waals surface area contributed by atoms with Gasteiger partial charge in [0.25, 0.3) is 0 Å². The van der Waals surface area contributed by atoms with Crippen LogP contribution in [0.4, 0.5) is 0 Å².